The number of benzene rings is 2. The molecule has 164 valence electrons. The summed E-state index contributed by atoms with van der Waals surface area (Å²) in [6, 6.07) is 13.1. The molecule has 1 aliphatic carbocycles. The Labute approximate surface area is 192 Å². The van der Waals surface area contributed by atoms with Crippen molar-refractivity contribution in [2.75, 3.05) is 5.32 Å². The summed E-state index contributed by atoms with van der Waals surface area (Å²) in [5, 5.41) is 15.7. The van der Waals surface area contributed by atoms with Crippen LogP contribution in [0.3, 0.4) is 0 Å². The topological polar surface area (TPSA) is 50.7 Å². The number of halogens is 2. The van der Waals surface area contributed by atoms with E-state index in [9.17, 15) is 4.39 Å². The van der Waals surface area contributed by atoms with Gasteiger partial charge in [-0.05, 0) is 98.9 Å². The van der Waals surface area contributed by atoms with Gasteiger partial charge in [0.2, 0.25) is 0 Å². The monoisotopic (exact) mass is 448 g/mol. The number of fused-ring (bicyclic) bond motifs is 2. The first kappa shape index (κ1) is 21.1. The SMILES string of the molecule is CC(CC1CCC(c2ccnc3ccc(F)cc23)CC1)Nc1nncc2cc(Cl)ccc12. The minimum Gasteiger partial charge on any atom is -0.366 e. The molecule has 0 amide bonds. The molecule has 2 aromatic heterocycles. The summed E-state index contributed by atoms with van der Waals surface area (Å²) in [5.41, 5.74) is 2.12. The normalized spacial score (nSPS) is 19.8. The average Bonchev–Trinajstić information content (AvgIpc) is 2.79. The van der Waals surface area contributed by atoms with Gasteiger partial charge in [-0.3, -0.25) is 4.98 Å². The predicted molar refractivity (Wildman–Crippen MR) is 129 cm³/mol. The van der Waals surface area contributed by atoms with Crippen molar-refractivity contribution in [3.63, 3.8) is 0 Å². The molecule has 1 fully saturated rings. The van der Waals surface area contributed by atoms with Gasteiger partial charge in [-0.15, -0.1) is 5.10 Å². The van der Waals surface area contributed by atoms with E-state index >= 15 is 0 Å². The average molecular weight is 449 g/mol. The molecule has 5 rings (SSSR count). The lowest BCUT2D eigenvalue weighted by atomic mass is 9.76. The van der Waals surface area contributed by atoms with Crippen LogP contribution in [0.5, 0.6) is 0 Å². The van der Waals surface area contributed by atoms with E-state index in [2.05, 4.69) is 33.5 Å². The molecule has 32 heavy (non-hydrogen) atoms. The van der Waals surface area contributed by atoms with Crippen LogP contribution >= 0.6 is 11.6 Å². The zero-order valence-corrected chi connectivity index (χ0v) is 18.8. The summed E-state index contributed by atoms with van der Waals surface area (Å²) in [4.78, 5) is 4.41. The van der Waals surface area contributed by atoms with Crippen LogP contribution in [0.25, 0.3) is 21.7 Å². The highest BCUT2D eigenvalue weighted by molar-refractivity contribution is 6.31. The first-order valence-electron chi connectivity index (χ1n) is 11.3. The van der Waals surface area contributed by atoms with Crippen molar-refractivity contribution in [3.05, 3.63) is 71.3 Å². The van der Waals surface area contributed by atoms with E-state index in [0.29, 0.717) is 22.9 Å². The summed E-state index contributed by atoms with van der Waals surface area (Å²) in [5.74, 6) is 1.75. The lowest BCUT2D eigenvalue weighted by Gasteiger charge is -2.31. The zero-order chi connectivity index (χ0) is 22.1. The second-order valence-electron chi connectivity index (χ2n) is 8.99. The molecule has 2 heterocycles. The minimum atomic E-state index is -0.195. The van der Waals surface area contributed by atoms with Gasteiger partial charge in [-0.25, -0.2) is 4.39 Å². The molecule has 1 saturated carbocycles. The van der Waals surface area contributed by atoms with Gasteiger partial charge in [0, 0.05) is 33.4 Å². The Hall–Kier alpha value is -2.79. The Kier molecular flexibility index (Phi) is 5.92. The van der Waals surface area contributed by atoms with Crippen molar-refractivity contribution in [2.24, 2.45) is 5.92 Å². The summed E-state index contributed by atoms with van der Waals surface area (Å²) < 4.78 is 13.8. The fraction of sp³-hybridized carbons (Fsp3) is 0.346. The van der Waals surface area contributed by atoms with E-state index in [1.807, 2.05) is 24.4 Å². The van der Waals surface area contributed by atoms with E-state index < -0.39 is 0 Å². The van der Waals surface area contributed by atoms with E-state index in [4.69, 9.17) is 11.6 Å². The van der Waals surface area contributed by atoms with Gasteiger partial charge in [-0.2, -0.15) is 5.10 Å². The number of rotatable bonds is 5. The molecule has 1 N–H and O–H groups in total. The van der Waals surface area contributed by atoms with Gasteiger partial charge in [0.1, 0.15) is 5.82 Å². The summed E-state index contributed by atoms with van der Waals surface area (Å²) >= 11 is 6.11. The summed E-state index contributed by atoms with van der Waals surface area (Å²) in [6.45, 7) is 2.21. The van der Waals surface area contributed by atoms with Gasteiger partial charge in [0.05, 0.1) is 11.7 Å². The molecule has 6 heteroatoms. The Balaban J connectivity index is 1.23. The Bertz CT molecular complexity index is 1250. The molecular weight excluding hydrogens is 423 g/mol. The molecule has 0 aliphatic heterocycles. The van der Waals surface area contributed by atoms with E-state index in [0.717, 1.165) is 46.8 Å². The highest BCUT2D eigenvalue weighted by Crippen LogP contribution is 2.40. The smallest absolute Gasteiger partial charge is 0.156 e. The molecular formula is C26H26ClFN4. The van der Waals surface area contributed by atoms with Crippen LogP contribution in [0.15, 0.2) is 54.9 Å². The maximum absolute atomic E-state index is 13.8. The Morgan fingerprint density at radius 1 is 1.06 bits per heavy atom. The molecule has 1 atom stereocenters. The maximum Gasteiger partial charge on any atom is 0.156 e. The second kappa shape index (κ2) is 8.99. The lowest BCUT2D eigenvalue weighted by Crippen LogP contribution is -2.23. The van der Waals surface area contributed by atoms with E-state index in [-0.39, 0.29) is 5.82 Å². The number of hydrogen-bond acceptors (Lipinski definition) is 4. The van der Waals surface area contributed by atoms with Crippen LogP contribution < -0.4 is 5.32 Å². The van der Waals surface area contributed by atoms with Gasteiger partial charge in [-0.1, -0.05) is 11.6 Å². The van der Waals surface area contributed by atoms with E-state index in [1.165, 1.54) is 24.5 Å². The summed E-state index contributed by atoms with van der Waals surface area (Å²) in [6.07, 6.45) is 9.28. The summed E-state index contributed by atoms with van der Waals surface area (Å²) in [7, 11) is 0. The minimum absolute atomic E-state index is 0.195. The number of aromatic nitrogens is 3. The van der Waals surface area contributed by atoms with Crippen molar-refractivity contribution in [1.82, 2.24) is 15.2 Å². The molecule has 2 aromatic carbocycles. The zero-order valence-electron chi connectivity index (χ0n) is 18.1. The standard InChI is InChI=1S/C26H26ClFN4/c1-16(31-26-23-8-6-20(27)13-19(23)15-30-32-26)12-17-2-4-18(5-3-17)22-10-11-29-25-9-7-21(28)14-24(22)25/h6-11,13-18H,2-5,12H2,1H3,(H,31,32). The number of pyridine rings is 1. The van der Waals surface area contributed by atoms with Crippen molar-refractivity contribution >= 4 is 39.1 Å². The fourth-order valence-corrected chi connectivity index (χ4v) is 5.34. The largest absolute Gasteiger partial charge is 0.366 e. The van der Waals surface area contributed by atoms with Crippen molar-refractivity contribution in [3.8, 4) is 0 Å². The molecule has 0 saturated heterocycles. The van der Waals surface area contributed by atoms with Crippen LogP contribution in [0.4, 0.5) is 10.2 Å². The lowest BCUT2D eigenvalue weighted by molar-refractivity contribution is 0.302. The third kappa shape index (κ3) is 4.40. The molecule has 1 aliphatic rings. The molecule has 0 spiro atoms. The number of hydrogen-bond donors (Lipinski definition) is 1. The van der Waals surface area contributed by atoms with Gasteiger partial charge in [0.25, 0.3) is 0 Å². The molecule has 1 unspecified atom stereocenters. The number of nitrogens with zero attached hydrogens (tertiary/aromatic N) is 3. The van der Waals surface area contributed by atoms with Crippen LogP contribution in [0.2, 0.25) is 5.02 Å². The first-order valence-corrected chi connectivity index (χ1v) is 11.7. The molecule has 0 bridgehead atoms. The van der Waals surface area contributed by atoms with Crippen LogP contribution in [-0.4, -0.2) is 21.2 Å². The predicted octanol–water partition coefficient (Wildman–Crippen LogP) is 7.14. The molecule has 4 aromatic rings. The highest BCUT2D eigenvalue weighted by atomic mass is 35.5. The third-order valence-corrected chi connectivity index (χ3v) is 6.95. The number of anilines is 1. The van der Waals surface area contributed by atoms with Gasteiger partial charge < -0.3 is 5.32 Å². The molecule has 4 nitrogen and oxygen atoms in total. The van der Waals surface area contributed by atoms with E-state index in [1.54, 1.807) is 18.3 Å². The second-order valence-corrected chi connectivity index (χ2v) is 9.42. The van der Waals surface area contributed by atoms with Gasteiger partial charge >= 0.3 is 0 Å². The van der Waals surface area contributed by atoms with Crippen LogP contribution in [0.1, 0.15) is 50.5 Å². The van der Waals surface area contributed by atoms with Crippen molar-refractivity contribution < 1.29 is 4.39 Å². The van der Waals surface area contributed by atoms with Crippen molar-refractivity contribution in [1.29, 1.82) is 0 Å². The first-order chi connectivity index (χ1) is 15.6. The highest BCUT2D eigenvalue weighted by Gasteiger charge is 2.25. The quantitative estimate of drug-likeness (QED) is 0.352. The Morgan fingerprint density at radius 2 is 1.91 bits per heavy atom. The maximum atomic E-state index is 13.8. The van der Waals surface area contributed by atoms with Crippen molar-refractivity contribution in [2.45, 2.75) is 51.0 Å². The number of nitrogens with one attached hydrogen (secondary N) is 1. The van der Waals surface area contributed by atoms with Gasteiger partial charge in [0.15, 0.2) is 5.82 Å². The Morgan fingerprint density at radius 3 is 2.75 bits per heavy atom. The van der Waals surface area contributed by atoms with Crippen LogP contribution in [-0.2, 0) is 0 Å². The third-order valence-electron chi connectivity index (χ3n) is 6.72. The molecule has 0 radical (unpaired) electrons. The fourth-order valence-electron chi connectivity index (χ4n) is 5.16. The van der Waals surface area contributed by atoms with Crippen LogP contribution in [0, 0.1) is 11.7 Å².